The summed E-state index contributed by atoms with van der Waals surface area (Å²) < 4.78 is 0. The van der Waals surface area contributed by atoms with Gasteiger partial charge in [0.25, 0.3) is 0 Å². The molecule has 0 spiro atoms. The van der Waals surface area contributed by atoms with Gasteiger partial charge in [0, 0.05) is 12.1 Å². The van der Waals surface area contributed by atoms with Gasteiger partial charge in [-0.1, -0.05) is 37.5 Å². The Labute approximate surface area is 125 Å². The van der Waals surface area contributed by atoms with E-state index in [2.05, 4.69) is 52.1 Å². The molecule has 0 saturated heterocycles. The van der Waals surface area contributed by atoms with E-state index in [9.17, 15) is 0 Å². The maximum atomic E-state index is 3.90. The Morgan fingerprint density at radius 2 is 1.65 bits per heavy atom. The van der Waals surface area contributed by atoms with Crippen LogP contribution in [0.15, 0.2) is 12.1 Å². The van der Waals surface area contributed by atoms with Crippen LogP contribution in [-0.4, -0.2) is 6.04 Å². The smallest absolute Gasteiger partial charge is 0.0299 e. The van der Waals surface area contributed by atoms with E-state index in [1.165, 1.54) is 54.4 Å². The molecule has 1 heteroatoms. The largest absolute Gasteiger partial charge is 0.307 e. The lowest BCUT2D eigenvalue weighted by atomic mass is 9.94. The maximum Gasteiger partial charge on any atom is 0.0299 e. The summed E-state index contributed by atoms with van der Waals surface area (Å²) in [5.41, 5.74) is 5.75. The minimum Gasteiger partial charge on any atom is -0.307 e. The van der Waals surface area contributed by atoms with Gasteiger partial charge in [-0.3, -0.25) is 0 Å². The third kappa shape index (κ3) is 3.85. The molecule has 3 atom stereocenters. The Morgan fingerprint density at radius 3 is 2.30 bits per heavy atom. The van der Waals surface area contributed by atoms with Crippen LogP contribution in [0.4, 0.5) is 0 Å². The van der Waals surface area contributed by atoms with Crippen LogP contribution in [0.2, 0.25) is 0 Å². The molecule has 1 saturated carbocycles. The molecule has 0 amide bonds. The average Bonchev–Trinajstić information content (AvgIpc) is 2.53. The summed E-state index contributed by atoms with van der Waals surface area (Å²) in [6.45, 7) is 11.4. The zero-order valence-corrected chi connectivity index (χ0v) is 13.9. The molecule has 1 aliphatic carbocycles. The van der Waals surface area contributed by atoms with Gasteiger partial charge in [-0.25, -0.2) is 0 Å². The van der Waals surface area contributed by atoms with Crippen molar-refractivity contribution in [1.82, 2.24) is 5.32 Å². The normalized spacial score (nSPS) is 25.2. The molecule has 112 valence electrons. The molecule has 20 heavy (non-hydrogen) atoms. The van der Waals surface area contributed by atoms with Crippen molar-refractivity contribution in [3.63, 3.8) is 0 Å². The Balaban J connectivity index is 2.06. The van der Waals surface area contributed by atoms with Crippen LogP contribution in [0.1, 0.15) is 74.2 Å². The summed E-state index contributed by atoms with van der Waals surface area (Å²) in [5.74, 6) is 0.917. The summed E-state index contributed by atoms with van der Waals surface area (Å²) in [6, 6.07) is 5.80. The first-order valence-electron chi connectivity index (χ1n) is 8.31. The summed E-state index contributed by atoms with van der Waals surface area (Å²) in [6.07, 6.45) is 6.87. The fourth-order valence-corrected chi connectivity index (χ4v) is 3.96. The van der Waals surface area contributed by atoms with Gasteiger partial charge in [-0.05, 0) is 69.6 Å². The van der Waals surface area contributed by atoms with E-state index in [-0.39, 0.29) is 0 Å². The van der Waals surface area contributed by atoms with Gasteiger partial charge in [0.2, 0.25) is 0 Å². The average molecular weight is 273 g/mol. The summed E-state index contributed by atoms with van der Waals surface area (Å²) in [5, 5.41) is 3.90. The topological polar surface area (TPSA) is 12.0 Å². The first-order valence-corrected chi connectivity index (χ1v) is 8.31. The van der Waals surface area contributed by atoms with E-state index in [4.69, 9.17) is 0 Å². The molecular weight excluding hydrogens is 242 g/mol. The highest BCUT2D eigenvalue weighted by Gasteiger charge is 2.19. The van der Waals surface area contributed by atoms with Crippen LogP contribution in [0, 0.1) is 26.7 Å². The van der Waals surface area contributed by atoms with E-state index >= 15 is 0 Å². The second-order valence-corrected chi connectivity index (χ2v) is 7.01. The number of aryl methyl sites for hydroxylation is 3. The van der Waals surface area contributed by atoms with Crippen LogP contribution < -0.4 is 5.32 Å². The minimum absolute atomic E-state index is 0.467. The lowest BCUT2D eigenvalue weighted by Crippen LogP contribution is -2.31. The van der Waals surface area contributed by atoms with Crippen molar-refractivity contribution in [3.05, 3.63) is 34.4 Å². The van der Waals surface area contributed by atoms with Crippen molar-refractivity contribution in [2.75, 3.05) is 0 Å². The van der Waals surface area contributed by atoms with Gasteiger partial charge in [0.15, 0.2) is 0 Å². The number of nitrogens with one attached hydrogen (secondary N) is 1. The molecule has 1 aliphatic rings. The molecule has 1 nitrogen and oxygen atoms in total. The molecule has 0 aliphatic heterocycles. The molecule has 1 aromatic rings. The summed E-state index contributed by atoms with van der Waals surface area (Å²) in [7, 11) is 0. The van der Waals surface area contributed by atoms with E-state index in [1.807, 2.05) is 0 Å². The SMILES string of the molecule is Cc1cc(C)c(C(C)NC2CCCC(C)CC2)c(C)c1. The third-order valence-corrected chi connectivity index (χ3v) is 4.91. The highest BCUT2D eigenvalue weighted by Crippen LogP contribution is 2.27. The van der Waals surface area contributed by atoms with Gasteiger partial charge in [-0.15, -0.1) is 0 Å². The number of benzene rings is 1. The summed E-state index contributed by atoms with van der Waals surface area (Å²) >= 11 is 0. The van der Waals surface area contributed by atoms with Gasteiger partial charge < -0.3 is 5.32 Å². The van der Waals surface area contributed by atoms with Gasteiger partial charge in [0.1, 0.15) is 0 Å². The lowest BCUT2D eigenvalue weighted by Gasteiger charge is -2.25. The minimum atomic E-state index is 0.467. The standard InChI is InChI=1S/C19H31N/c1-13-7-6-8-18(10-9-13)20-17(5)19-15(3)11-14(2)12-16(19)4/h11-13,17-18,20H,6-10H2,1-5H3. The molecule has 0 heterocycles. The molecule has 1 N–H and O–H groups in total. The molecule has 0 bridgehead atoms. The van der Waals surface area contributed by atoms with Crippen molar-refractivity contribution < 1.29 is 0 Å². The van der Waals surface area contributed by atoms with Crippen molar-refractivity contribution in [2.24, 2.45) is 5.92 Å². The van der Waals surface area contributed by atoms with Crippen LogP contribution in [0.3, 0.4) is 0 Å². The molecule has 3 unspecified atom stereocenters. The van der Waals surface area contributed by atoms with Gasteiger partial charge in [-0.2, -0.15) is 0 Å². The molecule has 1 aromatic carbocycles. The Bertz CT molecular complexity index is 426. The highest BCUT2D eigenvalue weighted by atomic mass is 14.9. The van der Waals surface area contributed by atoms with Crippen molar-refractivity contribution in [2.45, 2.75) is 78.8 Å². The van der Waals surface area contributed by atoms with Crippen molar-refractivity contribution >= 4 is 0 Å². The first-order chi connectivity index (χ1) is 9.47. The van der Waals surface area contributed by atoms with Crippen LogP contribution in [0.25, 0.3) is 0 Å². The fourth-order valence-electron chi connectivity index (χ4n) is 3.96. The zero-order chi connectivity index (χ0) is 14.7. The Morgan fingerprint density at radius 1 is 1.00 bits per heavy atom. The predicted molar refractivity (Wildman–Crippen MR) is 88.2 cm³/mol. The number of hydrogen-bond donors (Lipinski definition) is 1. The molecular formula is C19H31N. The first kappa shape index (κ1) is 15.6. The van der Waals surface area contributed by atoms with Gasteiger partial charge >= 0.3 is 0 Å². The van der Waals surface area contributed by atoms with E-state index < -0.39 is 0 Å². The molecule has 0 radical (unpaired) electrons. The van der Waals surface area contributed by atoms with Crippen LogP contribution in [0.5, 0.6) is 0 Å². The van der Waals surface area contributed by atoms with E-state index in [0.29, 0.717) is 12.1 Å². The Hall–Kier alpha value is -0.820. The molecule has 2 rings (SSSR count). The van der Waals surface area contributed by atoms with Gasteiger partial charge in [0.05, 0.1) is 0 Å². The highest BCUT2D eigenvalue weighted by molar-refractivity contribution is 5.39. The molecule has 1 fully saturated rings. The second-order valence-electron chi connectivity index (χ2n) is 7.01. The Kier molecular flexibility index (Phi) is 5.26. The number of hydrogen-bond acceptors (Lipinski definition) is 1. The van der Waals surface area contributed by atoms with Crippen molar-refractivity contribution in [1.29, 1.82) is 0 Å². The molecule has 0 aromatic heterocycles. The van der Waals surface area contributed by atoms with E-state index in [0.717, 1.165) is 5.92 Å². The number of rotatable bonds is 3. The quantitative estimate of drug-likeness (QED) is 0.743. The monoisotopic (exact) mass is 273 g/mol. The third-order valence-electron chi connectivity index (χ3n) is 4.91. The van der Waals surface area contributed by atoms with Crippen LogP contribution in [-0.2, 0) is 0 Å². The summed E-state index contributed by atoms with van der Waals surface area (Å²) in [4.78, 5) is 0. The van der Waals surface area contributed by atoms with Crippen LogP contribution >= 0.6 is 0 Å². The fraction of sp³-hybridized carbons (Fsp3) is 0.684. The lowest BCUT2D eigenvalue weighted by molar-refractivity contribution is 0.406. The van der Waals surface area contributed by atoms with Crippen molar-refractivity contribution in [3.8, 4) is 0 Å². The second kappa shape index (κ2) is 6.76. The zero-order valence-electron chi connectivity index (χ0n) is 13.9. The predicted octanol–water partition coefficient (Wildman–Crippen LogP) is 5.23. The maximum absolute atomic E-state index is 3.90. The van der Waals surface area contributed by atoms with E-state index in [1.54, 1.807) is 0 Å².